The van der Waals surface area contributed by atoms with Crippen molar-refractivity contribution in [3.8, 4) is 5.88 Å². The summed E-state index contributed by atoms with van der Waals surface area (Å²) in [5, 5.41) is 6.54. The molecule has 0 atom stereocenters. The zero-order valence-corrected chi connectivity index (χ0v) is 18.3. The second kappa shape index (κ2) is 14.2. The third-order valence-electron chi connectivity index (χ3n) is 3.64. The van der Waals surface area contributed by atoms with Crippen molar-refractivity contribution in [1.29, 1.82) is 0 Å². The van der Waals surface area contributed by atoms with Gasteiger partial charge in [0.1, 0.15) is 6.61 Å². The number of guanidine groups is 1. The van der Waals surface area contributed by atoms with Crippen molar-refractivity contribution in [2.75, 3.05) is 26.8 Å². The van der Waals surface area contributed by atoms with Gasteiger partial charge in [-0.3, -0.25) is 0 Å². The zero-order valence-electron chi connectivity index (χ0n) is 16.0. The molecule has 0 saturated heterocycles. The van der Waals surface area contributed by atoms with Gasteiger partial charge in [-0.2, -0.15) is 0 Å². The van der Waals surface area contributed by atoms with E-state index < -0.39 is 0 Å². The maximum Gasteiger partial charge on any atom is 0.218 e. The fourth-order valence-electron chi connectivity index (χ4n) is 2.33. The highest BCUT2D eigenvalue weighted by Gasteiger charge is 2.05. The van der Waals surface area contributed by atoms with Crippen LogP contribution < -0.4 is 15.4 Å². The van der Waals surface area contributed by atoms with Crippen LogP contribution in [0.4, 0.5) is 0 Å². The van der Waals surface area contributed by atoms with Gasteiger partial charge in [-0.25, -0.2) is 9.98 Å². The van der Waals surface area contributed by atoms with E-state index in [-0.39, 0.29) is 24.0 Å². The Hall–Kier alpha value is -1.87. The van der Waals surface area contributed by atoms with Crippen molar-refractivity contribution < 1.29 is 9.47 Å². The van der Waals surface area contributed by atoms with Gasteiger partial charge in [0.05, 0.1) is 6.54 Å². The maximum atomic E-state index is 5.89. The van der Waals surface area contributed by atoms with E-state index in [9.17, 15) is 0 Å². The number of ether oxygens (including phenoxy) is 2. The van der Waals surface area contributed by atoms with E-state index >= 15 is 0 Å². The predicted octanol–water partition coefficient (Wildman–Crippen LogP) is 3.37. The molecule has 0 saturated carbocycles. The zero-order chi connectivity index (χ0) is 18.5. The van der Waals surface area contributed by atoms with Crippen LogP contribution in [-0.4, -0.2) is 37.7 Å². The molecule has 1 heterocycles. The first kappa shape index (κ1) is 23.2. The topological polar surface area (TPSA) is 67.8 Å². The predicted molar refractivity (Wildman–Crippen MR) is 120 cm³/mol. The molecular weight excluding hydrogens is 455 g/mol. The Morgan fingerprint density at radius 3 is 2.67 bits per heavy atom. The number of aromatic nitrogens is 1. The van der Waals surface area contributed by atoms with Gasteiger partial charge < -0.3 is 20.1 Å². The van der Waals surface area contributed by atoms with Crippen molar-refractivity contribution in [3.63, 3.8) is 0 Å². The molecule has 0 bridgehead atoms. The lowest BCUT2D eigenvalue weighted by Gasteiger charge is -2.12. The van der Waals surface area contributed by atoms with Gasteiger partial charge in [-0.15, -0.1) is 24.0 Å². The monoisotopic (exact) mass is 484 g/mol. The first-order chi connectivity index (χ1) is 12.8. The van der Waals surface area contributed by atoms with Crippen molar-refractivity contribution >= 4 is 29.9 Å². The molecule has 0 fully saturated rings. The van der Waals surface area contributed by atoms with Crippen molar-refractivity contribution in [2.24, 2.45) is 4.99 Å². The normalized spacial score (nSPS) is 10.8. The van der Waals surface area contributed by atoms with Crippen molar-refractivity contribution in [3.05, 3.63) is 59.8 Å². The van der Waals surface area contributed by atoms with E-state index in [1.165, 1.54) is 0 Å². The first-order valence-corrected chi connectivity index (χ1v) is 8.95. The van der Waals surface area contributed by atoms with Crippen LogP contribution >= 0.6 is 24.0 Å². The van der Waals surface area contributed by atoms with E-state index in [2.05, 4.69) is 20.6 Å². The fraction of sp³-hybridized carbons (Fsp3) is 0.400. The van der Waals surface area contributed by atoms with Crippen molar-refractivity contribution in [2.45, 2.75) is 26.5 Å². The largest absolute Gasteiger partial charge is 0.473 e. The molecule has 27 heavy (non-hydrogen) atoms. The first-order valence-electron chi connectivity index (χ1n) is 8.95. The van der Waals surface area contributed by atoms with Crippen LogP contribution in [0.1, 0.15) is 24.5 Å². The molecule has 2 rings (SSSR count). The number of nitrogens with one attached hydrogen (secondary N) is 2. The molecule has 2 N–H and O–H groups in total. The maximum absolute atomic E-state index is 5.89. The number of halogens is 1. The minimum atomic E-state index is 0. The summed E-state index contributed by atoms with van der Waals surface area (Å²) in [5.74, 6) is 1.40. The van der Waals surface area contributed by atoms with Crippen LogP contribution in [0.2, 0.25) is 0 Å². The molecule has 6 nitrogen and oxygen atoms in total. The number of rotatable bonds is 10. The average Bonchev–Trinajstić information content (AvgIpc) is 2.69. The molecule has 2 aromatic rings. The number of aliphatic imine (C=N–C) groups is 1. The summed E-state index contributed by atoms with van der Waals surface area (Å²) >= 11 is 0. The number of benzene rings is 1. The van der Waals surface area contributed by atoms with E-state index in [1.807, 2.05) is 49.4 Å². The van der Waals surface area contributed by atoms with Gasteiger partial charge in [0.25, 0.3) is 0 Å². The van der Waals surface area contributed by atoms with Crippen LogP contribution in [-0.2, 0) is 17.9 Å². The number of nitrogens with zero attached hydrogens (tertiary/aromatic N) is 2. The Labute approximate surface area is 178 Å². The smallest absolute Gasteiger partial charge is 0.218 e. The van der Waals surface area contributed by atoms with Gasteiger partial charge in [-0.1, -0.05) is 36.4 Å². The number of hydrogen-bond acceptors (Lipinski definition) is 4. The third kappa shape index (κ3) is 9.05. The summed E-state index contributed by atoms with van der Waals surface area (Å²) in [6.07, 6.45) is 2.67. The van der Waals surface area contributed by atoms with Crippen LogP contribution in [0.15, 0.2) is 53.7 Å². The van der Waals surface area contributed by atoms with Gasteiger partial charge in [0.2, 0.25) is 5.88 Å². The van der Waals surface area contributed by atoms with E-state index in [0.717, 1.165) is 43.2 Å². The molecular formula is C20H29IN4O2. The average molecular weight is 484 g/mol. The Balaban J connectivity index is 0.00000364. The van der Waals surface area contributed by atoms with Gasteiger partial charge >= 0.3 is 0 Å². The van der Waals surface area contributed by atoms with E-state index in [1.54, 1.807) is 13.3 Å². The van der Waals surface area contributed by atoms with Gasteiger partial charge in [0.15, 0.2) is 5.96 Å². The van der Waals surface area contributed by atoms with Crippen LogP contribution in [0.25, 0.3) is 0 Å². The van der Waals surface area contributed by atoms with Crippen LogP contribution in [0.5, 0.6) is 5.88 Å². The minimum absolute atomic E-state index is 0. The standard InChI is InChI=1S/C20H28N4O2.HI/c1-3-21-20(23-13-8-14-25-2)24-15-18-11-7-12-22-19(18)26-16-17-9-5-4-6-10-17;/h4-7,9-12H,3,8,13-16H2,1-2H3,(H2,21,23,24);1H. The Bertz CT molecular complexity index is 668. The van der Waals surface area contributed by atoms with Gasteiger partial charge in [-0.05, 0) is 25.0 Å². The molecule has 0 aliphatic heterocycles. The van der Waals surface area contributed by atoms with Crippen LogP contribution in [0.3, 0.4) is 0 Å². The Morgan fingerprint density at radius 1 is 1.11 bits per heavy atom. The van der Waals surface area contributed by atoms with Crippen LogP contribution in [0, 0.1) is 0 Å². The lowest BCUT2D eigenvalue weighted by atomic mass is 10.2. The molecule has 0 aliphatic carbocycles. The molecule has 1 aromatic carbocycles. The fourth-order valence-corrected chi connectivity index (χ4v) is 2.33. The molecule has 7 heteroatoms. The molecule has 0 aliphatic rings. The summed E-state index contributed by atoms with van der Waals surface area (Å²) in [5.41, 5.74) is 2.07. The highest BCUT2D eigenvalue weighted by Crippen LogP contribution is 2.17. The second-order valence-electron chi connectivity index (χ2n) is 5.71. The Morgan fingerprint density at radius 2 is 1.93 bits per heavy atom. The number of pyridine rings is 1. The SMILES string of the molecule is CCNC(=NCc1cccnc1OCc1ccccc1)NCCCOC.I. The summed E-state index contributed by atoms with van der Waals surface area (Å²) < 4.78 is 11.0. The summed E-state index contributed by atoms with van der Waals surface area (Å²) in [7, 11) is 1.71. The molecule has 1 aromatic heterocycles. The van der Waals surface area contributed by atoms with E-state index in [0.29, 0.717) is 19.0 Å². The number of hydrogen-bond donors (Lipinski definition) is 2. The summed E-state index contributed by atoms with van der Waals surface area (Å²) in [6.45, 7) is 5.38. The molecule has 0 unspecified atom stereocenters. The summed E-state index contributed by atoms with van der Waals surface area (Å²) in [4.78, 5) is 8.99. The number of methoxy groups -OCH3 is 1. The highest BCUT2D eigenvalue weighted by atomic mass is 127. The van der Waals surface area contributed by atoms with Gasteiger partial charge in [0, 0.05) is 38.6 Å². The second-order valence-corrected chi connectivity index (χ2v) is 5.71. The summed E-state index contributed by atoms with van der Waals surface area (Å²) in [6, 6.07) is 14.0. The van der Waals surface area contributed by atoms with Crippen molar-refractivity contribution in [1.82, 2.24) is 15.6 Å². The van der Waals surface area contributed by atoms with E-state index in [4.69, 9.17) is 9.47 Å². The third-order valence-corrected chi connectivity index (χ3v) is 3.64. The molecule has 0 radical (unpaired) electrons. The Kier molecular flexibility index (Phi) is 12.2. The minimum Gasteiger partial charge on any atom is -0.473 e. The lowest BCUT2D eigenvalue weighted by molar-refractivity contribution is 0.195. The molecule has 148 valence electrons. The quantitative estimate of drug-likeness (QED) is 0.234. The lowest BCUT2D eigenvalue weighted by Crippen LogP contribution is -2.38. The highest BCUT2D eigenvalue weighted by molar-refractivity contribution is 14.0. The molecule has 0 amide bonds. The molecule has 0 spiro atoms.